The van der Waals surface area contributed by atoms with Crippen LogP contribution in [-0.2, 0) is 14.8 Å². The number of anilines is 1. The third-order valence-electron chi connectivity index (χ3n) is 2.78. The van der Waals surface area contributed by atoms with E-state index in [1.807, 2.05) is 0 Å². The van der Waals surface area contributed by atoms with Crippen LogP contribution in [0.25, 0.3) is 0 Å². The van der Waals surface area contributed by atoms with Gasteiger partial charge in [-0.25, -0.2) is 12.8 Å². The van der Waals surface area contributed by atoms with Crippen LogP contribution in [0.5, 0.6) is 0 Å². The van der Waals surface area contributed by atoms with Gasteiger partial charge in [-0.05, 0) is 36.4 Å². The monoisotopic (exact) mass is 339 g/mol. The molecule has 0 aliphatic carbocycles. The lowest BCUT2D eigenvalue weighted by atomic mass is 10.3. The molecule has 2 aromatic rings. The third kappa shape index (κ3) is 3.03. The zero-order valence-corrected chi connectivity index (χ0v) is 12.8. The van der Waals surface area contributed by atoms with Gasteiger partial charge >= 0.3 is 0 Å². The van der Waals surface area contributed by atoms with Crippen molar-refractivity contribution in [1.82, 2.24) is 0 Å². The molecule has 22 heavy (non-hydrogen) atoms. The van der Waals surface area contributed by atoms with Crippen LogP contribution in [0.3, 0.4) is 0 Å². The number of hydrogen-bond acceptors (Lipinski definition) is 3. The Morgan fingerprint density at radius 2 is 1.82 bits per heavy atom. The van der Waals surface area contributed by atoms with Crippen molar-refractivity contribution in [3.8, 4) is 0 Å². The van der Waals surface area contributed by atoms with Crippen LogP contribution in [0, 0.1) is 5.82 Å². The molecule has 2 rings (SSSR count). The van der Waals surface area contributed by atoms with E-state index in [1.54, 1.807) is 6.07 Å². The normalized spacial score (nSPS) is 11.0. The minimum Gasteiger partial charge on any atom is -0.268 e. The van der Waals surface area contributed by atoms with Gasteiger partial charge in [0.15, 0.2) is 0 Å². The SMILES string of the molecule is C=CC(=O)N(c1ccc(F)cc1Cl)S(=O)(=O)c1ccccc1. The standard InChI is InChI=1S/C15H11ClFNO3S/c1-2-15(19)18(14-9-8-11(17)10-13(14)16)22(20,21)12-6-4-3-5-7-12/h2-10H,1H2. The van der Waals surface area contributed by atoms with Crippen molar-refractivity contribution in [2.24, 2.45) is 0 Å². The summed E-state index contributed by atoms with van der Waals surface area (Å²) in [6.45, 7) is 3.29. The lowest BCUT2D eigenvalue weighted by molar-refractivity contribution is -0.113. The Morgan fingerprint density at radius 1 is 1.18 bits per heavy atom. The first-order valence-corrected chi connectivity index (χ1v) is 7.91. The van der Waals surface area contributed by atoms with Crippen LogP contribution in [-0.4, -0.2) is 14.3 Å². The average molecular weight is 340 g/mol. The number of benzene rings is 2. The number of nitrogens with zero attached hydrogens (tertiary/aromatic N) is 1. The van der Waals surface area contributed by atoms with Crippen molar-refractivity contribution in [1.29, 1.82) is 0 Å². The fraction of sp³-hybridized carbons (Fsp3) is 0. The molecule has 1 amide bonds. The zero-order valence-electron chi connectivity index (χ0n) is 11.2. The third-order valence-corrected chi connectivity index (χ3v) is 4.81. The van der Waals surface area contributed by atoms with Crippen molar-refractivity contribution in [2.45, 2.75) is 4.90 Å². The van der Waals surface area contributed by atoms with Crippen LogP contribution in [0.2, 0.25) is 5.02 Å². The molecule has 0 N–H and O–H groups in total. The second kappa shape index (κ2) is 6.29. The van der Waals surface area contributed by atoms with Crippen molar-refractivity contribution in [3.63, 3.8) is 0 Å². The quantitative estimate of drug-likeness (QED) is 0.802. The van der Waals surface area contributed by atoms with Gasteiger partial charge < -0.3 is 0 Å². The highest BCUT2D eigenvalue weighted by molar-refractivity contribution is 7.93. The van der Waals surface area contributed by atoms with Gasteiger partial charge in [-0.3, -0.25) is 4.79 Å². The number of hydrogen-bond donors (Lipinski definition) is 0. The maximum atomic E-state index is 13.2. The predicted molar refractivity (Wildman–Crippen MR) is 82.7 cm³/mol. The number of amides is 1. The molecule has 114 valence electrons. The number of carbonyl (C=O) groups excluding carboxylic acids is 1. The van der Waals surface area contributed by atoms with Crippen molar-refractivity contribution >= 4 is 33.2 Å². The molecule has 0 saturated carbocycles. The number of carbonyl (C=O) groups is 1. The highest BCUT2D eigenvalue weighted by Gasteiger charge is 2.31. The van der Waals surface area contributed by atoms with E-state index >= 15 is 0 Å². The van der Waals surface area contributed by atoms with Crippen LogP contribution >= 0.6 is 11.6 Å². The molecule has 0 radical (unpaired) electrons. The average Bonchev–Trinajstić information content (AvgIpc) is 2.50. The van der Waals surface area contributed by atoms with E-state index in [0.29, 0.717) is 4.31 Å². The van der Waals surface area contributed by atoms with E-state index in [-0.39, 0.29) is 15.6 Å². The van der Waals surface area contributed by atoms with E-state index in [9.17, 15) is 17.6 Å². The Balaban J connectivity index is 2.66. The van der Waals surface area contributed by atoms with E-state index in [1.165, 1.54) is 24.3 Å². The largest absolute Gasteiger partial charge is 0.271 e. The van der Waals surface area contributed by atoms with Gasteiger partial charge in [0.05, 0.1) is 15.6 Å². The Kier molecular flexibility index (Phi) is 4.63. The minimum atomic E-state index is -4.20. The minimum absolute atomic E-state index is 0.0920. The summed E-state index contributed by atoms with van der Waals surface area (Å²) in [5, 5.41) is -0.199. The maximum absolute atomic E-state index is 13.2. The van der Waals surface area contributed by atoms with Crippen molar-refractivity contribution in [3.05, 3.63) is 72.0 Å². The molecular formula is C15H11ClFNO3S. The van der Waals surface area contributed by atoms with Gasteiger partial charge in [-0.2, -0.15) is 4.31 Å². The molecule has 7 heteroatoms. The summed E-state index contributed by atoms with van der Waals surface area (Å²) in [4.78, 5) is 12.0. The van der Waals surface area contributed by atoms with Gasteiger partial charge in [0.25, 0.3) is 15.9 Å². The molecule has 0 bridgehead atoms. The summed E-state index contributed by atoms with van der Waals surface area (Å²) in [7, 11) is -4.20. The molecule has 0 saturated heterocycles. The Morgan fingerprint density at radius 3 is 2.36 bits per heavy atom. The summed E-state index contributed by atoms with van der Waals surface area (Å²) in [5.74, 6) is -1.53. The van der Waals surface area contributed by atoms with E-state index < -0.39 is 21.7 Å². The van der Waals surface area contributed by atoms with E-state index in [0.717, 1.165) is 24.3 Å². The number of halogens is 2. The number of rotatable bonds is 4. The molecule has 0 atom stereocenters. The Labute approximate surface area is 132 Å². The topological polar surface area (TPSA) is 54.5 Å². The van der Waals surface area contributed by atoms with Gasteiger partial charge in [-0.1, -0.05) is 36.4 Å². The van der Waals surface area contributed by atoms with Gasteiger partial charge in [0, 0.05) is 0 Å². The highest BCUT2D eigenvalue weighted by Crippen LogP contribution is 2.31. The van der Waals surface area contributed by atoms with E-state index in [2.05, 4.69) is 6.58 Å². The number of sulfonamides is 1. The fourth-order valence-electron chi connectivity index (χ4n) is 1.79. The maximum Gasteiger partial charge on any atom is 0.271 e. The smallest absolute Gasteiger partial charge is 0.268 e. The second-order valence-electron chi connectivity index (χ2n) is 4.22. The first-order valence-electron chi connectivity index (χ1n) is 6.09. The summed E-state index contributed by atoms with van der Waals surface area (Å²) in [6, 6.07) is 10.5. The molecule has 4 nitrogen and oxygen atoms in total. The fourth-order valence-corrected chi connectivity index (χ4v) is 3.54. The van der Waals surface area contributed by atoms with Gasteiger partial charge in [0.2, 0.25) is 0 Å². The Bertz CT molecular complexity index is 822. The van der Waals surface area contributed by atoms with Crippen LogP contribution < -0.4 is 4.31 Å². The first kappa shape index (κ1) is 16.2. The first-order chi connectivity index (χ1) is 10.4. The molecule has 0 fully saturated rings. The second-order valence-corrected chi connectivity index (χ2v) is 6.41. The highest BCUT2D eigenvalue weighted by atomic mass is 35.5. The predicted octanol–water partition coefficient (Wildman–Crippen LogP) is 3.39. The van der Waals surface area contributed by atoms with Crippen LogP contribution in [0.1, 0.15) is 0 Å². The molecular weight excluding hydrogens is 329 g/mol. The van der Waals surface area contributed by atoms with Gasteiger partial charge in [0.1, 0.15) is 5.82 Å². The summed E-state index contributed by atoms with van der Waals surface area (Å²) in [5.41, 5.74) is -0.142. The molecule has 0 spiro atoms. The lowest BCUT2D eigenvalue weighted by Gasteiger charge is -2.22. The Hall–Kier alpha value is -2.18. The molecule has 0 aromatic heterocycles. The van der Waals surface area contributed by atoms with Crippen LogP contribution in [0.15, 0.2) is 66.1 Å². The molecule has 0 aliphatic rings. The lowest BCUT2D eigenvalue weighted by Crippen LogP contribution is -2.36. The summed E-state index contributed by atoms with van der Waals surface area (Å²) < 4.78 is 39.0. The molecule has 0 unspecified atom stereocenters. The van der Waals surface area contributed by atoms with Crippen molar-refractivity contribution < 1.29 is 17.6 Å². The van der Waals surface area contributed by atoms with Crippen LogP contribution in [0.4, 0.5) is 10.1 Å². The summed E-state index contributed by atoms with van der Waals surface area (Å²) >= 11 is 5.89. The zero-order chi connectivity index (χ0) is 16.3. The van der Waals surface area contributed by atoms with Gasteiger partial charge in [-0.15, -0.1) is 0 Å². The molecule has 0 aliphatic heterocycles. The summed E-state index contributed by atoms with van der Waals surface area (Å²) in [6.07, 6.45) is 0.847. The molecule has 2 aromatic carbocycles. The van der Waals surface area contributed by atoms with E-state index in [4.69, 9.17) is 11.6 Å². The molecule has 0 heterocycles. The van der Waals surface area contributed by atoms with Crippen molar-refractivity contribution in [2.75, 3.05) is 4.31 Å².